The molecule has 0 amide bonds. The van der Waals surface area contributed by atoms with Crippen LogP contribution in [-0.4, -0.2) is 24.9 Å². The van der Waals surface area contributed by atoms with E-state index in [1.807, 2.05) is 77.2 Å². The van der Waals surface area contributed by atoms with E-state index in [4.69, 9.17) is 39.9 Å². The normalized spacial score (nSPS) is 15.7. The summed E-state index contributed by atoms with van der Waals surface area (Å²) in [6.45, 7) is 23.6. The van der Waals surface area contributed by atoms with Gasteiger partial charge in [-0.15, -0.1) is 0 Å². The Kier molecular flexibility index (Phi) is 21.1. The first-order chi connectivity index (χ1) is 67.7. The molecular formula is C115H123N10O5+5. The van der Waals surface area contributed by atoms with Gasteiger partial charge in [0.25, 0.3) is 0 Å². The van der Waals surface area contributed by atoms with Crippen LogP contribution in [0, 0.1) is 54.3 Å². The molecule has 130 heavy (non-hydrogen) atoms. The molecule has 1 aliphatic rings. The third kappa shape index (κ3) is 17.4. The maximum Gasteiger partial charge on any atom is 0.227 e. The molecule has 5 aromatic carbocycles. The van der Waals surface area contributed by atoms with Crippen molar-refractivity contribution in [3.05, 3.63) is 297 Å². The summed E-state index contributed by atoms with van der Waals surface area (Å²) in [5.74, 6) is -4.55. The quantitative estimate of drug-likeness (QED) is 0.0963. The summed E-state index contributed by atoms with van der Waals surface area (Å²) in [7, 11) is 10.1. The van der Waals surface area contributed by atoms with Crippen molar-refractivity contribution in [1.82, 2.24) is 24.9 Å². The van der Waals surface area contributed by atoms with Gasteiger partial charge in [0, 0.05) is 164 Å². The van der Waals surface area contributed by atoms with Gasteiger partial charge in [-0.2, -0.15) is 0 Å². The van der Waals surface area contributed by atoms with Gasteiger partial charge < -0.3 is 22.1 Å². The zero-order chi connectivity index (χ0) is 103. The second-order valence-electron chi connectivity index (χ2n) is 34.8. The van der Waals surface area contributed by atoms with Crippen LogP contribution in [-0.2, 0) is 73.8 Å². The summed E-state index contributed by atoms with van der Waals surface area (Å²) < 4.78 is 147. The van der Waals surface area contributed by atoms with E-state index in [1.54, 1.807) is 42.1 Å². The zero-order valence-corrected chi connectivity index (χ0v) is 78.1. The molecule has 0 aliphatic heterocycles. The highest BCUT2D eigenvalue weighted by Gasteiger charge is 2.29. The van der Waals surface area contributed by atoms with Gasteiger partial charge in [-0.3, -0.25) is 0 Å². The lowest BCUT2D eigenvalue weighted by molar-refractivity contribution is -0.660. The van der Waals surface area contributed by atoms with Gasteiger partial charge in [0.05, 0.1) is 27.8 Å². The molecule has 1 aliphatic carbocycles. The Morgan fingerprint density at radius 1 is 0.346 bits per heavy atom. The number of aromatic nitrogens is 10. The minimum absolute atomic E-state index is 0.00890. The number of rotatable bonds is 14. The summed E-state index contributed by atoms with van der Waals surface area (Å²) in [4.78, 5) is 23.0. The maximum absolute atomic E-state index is 8.98. The number of nitrogens with zero attached hydrogens (tertiary/aromatic N) is 10. The Labute approximate surface area is 781 Å². The van der Waals surface area contributed by atoms with Crippen LogP contribution in [0.2, 0.25) is 0 Å². The van der Waals surface area contributed by atoms with Crippen LogP contribution in [0.5, 0.6) is 0 Å². The highest BCUT2D eigenvalue weighted by Crippen LogP contribution is 2.44. The van der Waals surface area contributed by atoms with E-state index < -0.39 is 44.1 Å². The van der Waals surface area contributed by atoms with Crippen LogP contribution in [0.15, 0.2) is 235 Å². The van der Waals surface area contributed by atoms with Crippen LogP contribution >= 0.6 is 0 Å². The first-order valence-electron chi connectivity index (χ1n) is 51.7. The smallest absolute Gasteiger partial charge is 0.227 e. The number of aryl methyl sites for hydroxylation is 17. The largest absolute Gasteiger partial charge is 0.437 e. The number of hydrogen-bond acceptors (Lipinski definition) is 10. The standard InChI is InChI=1S/C25H27N2O.C24H27N2O.C23H25N2O.C22H23N2O.C21H21N2O/c1-16-9-14-22(27(3)15-16)23-17(2)10-11-19-20-12-13-21(18-7-5-4-6-8-18)26-25(20)28-24(19)23;1-6-17-8-12-21(26(5)14-17)22-16(4)7-10-19-20-11-9-18(13-15(2)3)25-24(20)27-23(19)22;1-6-16-8-12-20(25(5)13-16)21-15(4)7-9-17-18-10-11-19(14(2)3)24-23(18)26-22(17)21;1-5-15-8-12-19(24(4)13-15)20-14(3)7-10-17-18-11-9-16(6-2)23-22(18)25-21(17)20;1-5-15-8-11-18(23(4)12-15)19-13(2)6-9-16-17-10-7-14(3)22-21(17)24-20(16)19/h9-15,18H,4-8H2,1-3H3;7-12,14-15H,6,13H2,1-5H3;7-14H,6H2,1-5H3;7-13H,5-6H2,1-4H3;6-12H,5H2,1-4H3/q5*+1/i1D3,7D2,8D2,18D;2D3,15D;14D;;. The summed E-state index contributed by atoms with van der Waals surface area (Å²) >= 11 is 0. The van der Waals surface area contributed by atoms with Crippen molar-refractivity contribution in [1.29, 1.82) is 0 Å². The fraction of sp³-hybridized carbons (Fsp3) is 0.304. The molecule has 1 unspecified atom stereocenters. The van der Waals surface area contributed by atoms with Gasteiger partial charge in [-0.25, -0.2) is 47.8 Å². The average molecular weight is 1740 g/mol. The molecule has 658 valence electrons. The minimum atomic E-state index is -2.39. The number of fused-ring (bicyclic) bond motifs is 15. The highest BCUT2D eigenvalue weighted by molar-refractivity contribution is 6.13. The first kappa shape index (κ1) is 73.5. The number of hydrogen-bond donors (Lipinski definition) is 0. The fourth-order valence-corrected chi connectivity index (χ4v) is 18.0. The molecule has 0 saturated heterocycles. The molecule has 0 N–H and O–H groups in total. The summed E-state index contributed by atoms with van der Waals surface area (Å²) in [5.41, 5.74) is 31.5. The Bertz CT molecular complexity index is 8370. The van der Waals surface area contributed by atoms with Crippen LogP contribution in [0.4, 0.5) is 0 Å². The monoisotopic (exact) mass is 1740 g/mol. The van der Waals surface area contributed by atoms with Crippen molar-refractivity contribution in [3.8, 4) is 56.3 Å². The molecule has 15 heteroatoms. The van der Waals surface area contributed by atoms with Crippen molar-refractivity contribution < 1.29 is 62.7 Å². The molecule has 15 nitrogen and oxygen atoms in total. The minimum Gasteiger partial charge on any atom is -0.437 e. The summed E-state index contributed by atoms with van der Waals surface area (Å²) in [5, 5.41) is 9.77. The van der Waals surface area contributed by atoms with Crippen LogP contribution in [0.3, 0.4) is 0 Å². The van der Waals surface area contributed by atoms with Gasteiger partial charge in [0.1, 0.15) is 35.2 Å². The molecule has 0 spiro atoms. The first-order valence-corrected chi connectivity index (χ1v) is 45.2. The third-order valence-corrected chi connectivity index (χ3v) is 25.2. The topological polar surface area (TPSA) is 150 Å². The van der Waals surface area contributed by atoms with E-state index in [9.17, 15) is 0 Å². The molecule has 1 atom stereocenters. The number of pyridine rings is 10. The van der Waals surface area contributed by atoms with Crippen molar-refractivity contribution >= 4 is 110 Å². The Morgan fingerprint density at radius 3 is 1.02 bits per heavy atom. The summed E-state index contributed by atoms with van der Waals surface area (Å²) in [6, 6.07) is 60.8. The molecule has 20 aromatic rings. The molecule has 21 rings (SSSR count). The Hall–Kier alpha value is -13.4. The van der Waals surface area contributed by atoms with Gasteiger partial charge in [0.2, 0.25) is 57.0 Å². The van der Waals surface area contributed by atoms with Gasteiger partial charge in [-0.05, 0) is 230 Å². The van der Waals surface area contributed by atoms with E-state index in [1.165, 1.54) is 51.9 Å². The SMILES string of the molecule is CCc1ccc(-c2c(C)ccc3c2oc2nc(C)ccc23)[n+](C)c1.CCc1ccc(-c2c(C)ccc3c2oc2nc(CC)ccc23)[n+](C)c1.[2H]C(C)(C)c1ccc2c(n1)oc1c(-c3ccc(CC)c[n+]3C)c(C)ccc12.[2H]C([2H])([2H])C([2H])(C)Cc1ccc2c(n1)oc1c(-c3ccc(CC)c[n+]3C)c(C)ccc12.[2H]C([2H])([2H])c1ccc(-c2c(C)ccc3c2oc2nc(C4([2H])C([2H])([2H])CCCC4([2H])[2H])ccc23)[n+](C)c1. The molecule has 0 bridgehead atoms. The Morgan fingerprint density at radius 2 is 0.669 bits per heavy atom. The molecule has 1 saturated carbocycles. The van der Waals surface area contributed by atoms with Crippen molar-refractivity contribution in [2.24, 2.45) is 41.1 Å². The average Bonchev–Trinajstić information content (AvgIpc) is 1.36. The fourth-order valence-electron chi connectivity index (χ4n) is 18.0. The van der Waals surface area contributed by atoms with E-state index in [0.717, 1.165) is 187 Å². The predicted molar refractivity (Wildman–Crippen MR) is 529 cm³/mol. The molecular weight excluding hydrogens is 1600 g/mol. The van der Waals surface area contributed by atoms with E-state index in [0.29, 0.717) is 45.9 Å². The van der Waals surface area contributed by atoms with Crippen LogP contribution in [0.25, 0.3) is 167 Å². The molecule has 0 radical (unpaired) electrons. The molecule has 1 fully saturated rings. The van der Waals surface area contributed by atoms with Crippen molar-refractivity contribution in [2.75, 3.05) is 0 Å². The van der Waals surface area contributed by atoms with Crippen molar-refractivity contribution in [3.63, 3.8) is 0 Å². The van der Waals surface area contributed by atoms with E-state index in [2.05, 4.69) is 261 Å². The third-order valence-electron chi connectivity index (χ3n) is 25.2. The second-order valence-corrected chi connectivity index (χ2v) is 34.8. The van der Waals surface area contributed by atoms with Crippen molar-refractivity contribution in [2.45, 2.75) is 193 Å². The predicted octanol–water partition coefficient (Wildman–Crippen LogP) is 26.7. The summed E-state index contributed by atoms with van der Waals surface area (Å²) in [6.07, 6.45) is 11.6. The van der Waals surface area contributed by atoms with Gasteiger partial charge in [-0.1, -0.05) is 142 Å². The number of benzene rings is 5. The molecule has 15 aromatic heterocycles. The lowest BCUT2D eigenvalue weighted by Gasteiger charge is -2.20. The van der Waals surface area contributed by atoms with Crippen LogP contribution in [0.1, 0.15) is 208 Å². The second kappa shape index (κ2) is 37.4. The van der Waals surface area contributed by atoms with Crippen LogP contribution < -0.4 is 22.8 Å². The lowest BCUT2D eigenvalue weighted by atomic mass is 9.86. The van der Waals surface area contributed by atoms with Gasteiger partial charge in [0.15, 0.2) is 58.9 Å². The zero-order valence-electron chi connectivity index (χ0n) is 91.1. The Balaban J connectivity index is 0.000000124. The maximum atomic E-state index is 8.98. The van der Waals surface area contributed by atoms with E-state index in [-0.39, 0.29) is 36.2 Å². The van der Waals surface area contributed by atoms with Gasteiger partial charge >= 0.3 is 0 Å². The highest BCUT2D eigenvalue weighted by atomic mass is 16.4. The van der Waals surface area contributed by atoms with E-state index >= 15 is 0 Å². The molecule has 15 heterocycles. The number of furan rings is 5. The lowest BCUT2D eigenvalue weighted by Crippen LogP contribution is -2.31.